The largest absolute Gasteiger partial charge is 0.467 e. The molecule has 4 N–H and O–H groups in total. The van der Waals surface area contributed by atoms with Crippen molar-refractivity contribution >= 4 is 17.5 Å². The number of rotatable bonds is 7. The number of carbonyl (C=O) groups is 3. The van der Waals surface area contributed by atoms with E-state index >= 15 is 0 Å². The van der Waals surface area contributed by atoms with Crippen LogP contribution in [-0.2, 0) is 14.3 Å². The number of esters is 1. The molecule has 8 nitrogen and oxygen atoms in total. The zero-order chi connectivity index (χ0) is 16.9. The molecule has 0 radical (unpaired) electrons. The van der Waals surface area contributed by atoms with Crippen LogP contribution in [0.3, 0.4) is 0 Å². The van der Waals surface area contributed by atoms with Gasteiger partial charge in [-0.15, -0.1) is 0 Å². The third kappa shape index (κ3) is 3.95. The van der Waals surface area contributed by atoms with Gasteiger partial charge in [-0.05, 0) is 0 Å². The molecule has 0 heterocycles. The molecule has 0 saturated heterocycles. The summed E-state index contributed by atoms with van der Waals surface area (Å²) in [5.74, 6) is -3.72. The van der Waals surface area contributed by atoms with E-state index in [-0.39, 0.29) is 5.56 Å². The van der Waals surface area contributed by atoms with Crippen LogP contribution in [0.2, 0.25) is 0 Å². The highest BCUT2D eigenvalue weighted by molar-refractivity contribution is 6.45. The van der Waals surface area contributed by atoms with Crippen LogP contribution in [0, 0.1) is 0 Å². The average molecular weight is 312 g/mol. The highest BCUT2D eigenvalue weighted by Gasteiger charge is 2.39. The fraction of sp³-hybridized carbons (Fsp3) is 0.357. The number of benzene rings is 1. The summed E-state index contributed by atoms with van der Waals surface area (Å²) in [6.45, 7) is 0. The number of ketones is 2. The molecule has 0 aliphatic carbocycles. The zero-order valence-corrected chi connectivity index (χ0v) is 11.6. The van der Waals surface area contributed by atoms with Gasteiger partial charge < -0.3 is 25.2 Å². The molecule has 120 valence electrons. The molecular formula is C14H16O8. The first-order chi connectivity index (χ1) is 10.3. The smallest absolute Gasteiger partial charge is 0.337 e. The molecule has 0 unspecified atom stereocenters. The van der Waals surface area contributed by atoms with E-state index in [4.69, 9.17) is 0 Å². The number of hydrogen-bond acceptors (Lipinski definition) is 8. The van der Waals surface area contributed by atoms with Gasteiger partial charge in [0.15, 0.2) is 6.10 Å². The first-order valence-corrected chi connectivity index (χ1v) is 6.25. The van der Waals surface area contributed by atoms with E-state index in [0.29, 0.717) is 0 Å². The van der Waals surface area contributed by atoms with Crippen LogP contribution in [-0.4, -0.2) is 69.5 Å². The lowest BCUT2D eigenvalue weighted by atomic mass is 9.96. The maximum absolute atomic E-state index is 11.8. The minimum absolute atomic E-state index is 0.0123. The van der Waals surface area contributed by atoms with Crippen molar-refractivity contribution in [3.05, 3.63) is 35.9 Å². The Morgan fingerprint density at radius 3 is 1.91 bits per heavy atom. The Kier molecular flexibility index (Phi) is 6.32. The van der Waals surface area contributed by atoms with Crippen LogP contribution in [0.25, 0.3) is 0 Å². The summed E-state index contributed by atoms with van der Waals surface area (Å²) >= 11 is 0. The number of Topliss-reactive ketones (excluding diaryl/α,β-unsaturated/α-hetero) is 2. The standard InChI is InChI=1S/C14H16O8/c1-22-14(21)13(20)12(19)11(18)10(17)9(16)8(15)7-5-3-2-4-6-7/h2-6,10-13,17-20H,1H3/t10-,11+,12-,13-/m0/s1. The Bertz CT molecular complexity index is 541. The SMILES string of the molecule is COC(=O)[C@@H](O)[C@@H](O)[C@H](O)[C@@H](O)C(=O)C(=O)c1ccccc1. The number of hydrogen-bond donors (Lipinski definition) is 4. The number of methoxy groups -OCH3 is 1. The molecule has 1 rings (SSSR count). The third-order valence-electron chi connectivity index (χ3n) is 2.97. The summed E-state index contributed by atoms with van der Waals surface area (Å²) in [6, 6.07) is 7.28. The monoisotopic (exact) mass is 312 g/mol. The molecule has 0 aliphatic heterocycles. The Morgan fingerprint density at radius 2 is 1.41 bits per heavy atom. The van der Waals surface area contributed by atoms with Crippen LogP contribution >= 0.6 is 0 Å². The molecule has 0 aliphatic rings. The number of ether oxygens (including phenoxy) is 1. The second-order valence-corrected chi connectivity index (χ2v) is 4.45. The normalized spacial score (nSPS) is 16.2. The molecule has 4 atom stereocenters. The molecule has 0 amide bonds. The predicted octanol–water partition coefficient (Wildman–Crippen LogP) is -1.94. The summed E-state index contributed by atoms with van der Waals surface area (Å²) < 4.78 is 4.15. The van der Waals surface area contributed by atoms with Gasteiger partial charge in [-0.3, -0.25) is 9.59 Å². The van der Waals surface area contributed by atoms with E-state index in [1.165, 1.54) is 24.3 Å². The van der Waals surface area contributed by atoms with Crippen molar-refractivity contribution in [3.63, 3.8) is 0 Å². The predicted molar refractivity (Wildman–Crippen MR) is 71.8 cm³/mol. The summed E-state index contributed by atoms with van der Waals surface area (Å²) in [7, 11) is 0.936. The van der Waals surface area contributed by atoms with Gasteiger partial charge in [0.25, 0.3) is 0 Å². The Hall–Kier alpha value is -2.13. The van der Waals surface area contributed by atoms with Crippen LogP contribution in [0.1, 0.15) is 10.4 Å². The Balaban J connectivity index is 2.81. The molecule has 8 heteroatoms. The van der Waals surface area contributed by atoms with E-state index in [1.807, 2.05) is 0 Å². The van der Waals surface area contributed by atoms with Gasteiger partial charge in [-0.2, -0.15) is 0 Å². The first-order valence-electron chi connectivity index (χ1n) is 6.25. The van der Waals surface area contributed by atoms with E-state index < -0.39 is 42.0 Å². The van der Waals surface area contributed by atoms with Crippen molar-refractivity contribution in [2.75, 3.05) is 7.11 Å². The zero-order valence-electron chi connectivity index (χ0n) is 11.6. The lowest BCUT2D eigenvalue weighted by molar-refractivity contribution is -0.167. The molecule has 0 fully saturated rings. The molecular weight excluding hydrogens is 296 g/mol. The maximum atomic E-state index is 11.8. The van der Waals surface area contributed by atoms with Crippen LogP contribution in [0.4, 0.5) is 0 Å². The lowest BCUT2D eigenvalue weighted by Gasteiger charge is -2.24. The maximum Gasteiger partial charge on any atom is 0.337 e. The number of aliphatic hydroxyl groups excluding tert-OH is 4. The van der Waals surface area contributed by atoms with Gasteiger partial charge in [-0.25, -0.2) is 4.79 Å². The summed E-state index contributed by atoms with van der Waals surface area (Å²) in [5, 5.41) is 38.2. The average Bonchev–Trinajstić information content (AvgIpc) is 2.57. The van der Waals surface area contributed by atoms with Gasteiger partial charge >= 0.3 is 5.97 Å². The molecule has 0 aromatic heterocycles. The van der Waals surface area contributed by atoms with Crippen molar-refractivity contribution in [2.24, 2.45) is 0 Å². The van der Waals surface area contributed by atoms with Crippen molar-refractivity contribution in [2.45, 2.75) is 24.4 Å². The quantitative estimate of drug-likeness (QED) is 0.259. The van der Waals surface area contributed by atoms with Crippen LogP contribution < -0.4 is 0 Å². The summed E-state index contributed by atoms with van der Waals surface area (Å²) in [5.41, 5.74) is -0.0123. The van der Waals surface area contributed by atoms with Gasteiger partial charge in [0.05, 0.1) is 7.11 Å². The van der Waals surface area contributed by atoms with Crippen molar-refractivity contribution < 1.29 is 39.5 Å². The van der Waals surface area contributed by atoms with Crippen molar-refractivity contribution in [1.82, 2.24) is 0 Å². The van der Waals surface area contributed by atoms with Gasteiger partial charge in [0.2, 0.25) is 11.6 Å². The minimum atomic E-state index is -2.30. The first kappa shape index (κ1) is 17.9. The van der Waals surface area contributed by atoms with E-state index in [2.05, 4.69) is 4.74 Å². The summed E-state index contributed by atoms with van der Waals surface area (Å²) in [6.07, 6.45) is -8.92. The highest BCUT2D eigenvalue weighted by Crippen LogP contribution is 2.10. The van der Waals surface area contributed by atoms with Crippen molar-refractivity contribution in [1.29, 1.82) is 0 Å². The van der Waals surface area contributed by atoms with Gasteiger partial charge in [0, 0.05) is 5.56 Å². The van der Waals surface area contributed by atoms with Gasteiger partial charge in [0.1, 0.15) is 18.3 Å². The number of carbonyl (C=O) groups excluding carboxylic acids is 3. The van der Waals surface area contributed by atoms with Crippen molar-refractivity contribution in [3.8, 4) is 0 Å². The molecule has 0 saturated carbocycles. The molecule has 22 heavy (non-hydrogen) atoms. The fourth-order valence-electron chi connectivity index (χ4n) is 1.65. The Labute approximate surface area is 125 Å². The molecule has 1 aromatic carbocycles. The van der Waals surface area contributed by atoms with Crippen LogP contribution in [0.15, 0.2) is 30.3 Å². The Morgan fingerprint density at radius 1 is 0.909 bits per heavy atom. The molecule has 0 spiro atoms. The summed E-state index contributed by atoms with van der Waals surface area (Å²) in [4.78, 5) is 34.6. The van der Waals surface area contributed by atoms with E-state index in [0.717, 1.165) is 7.11 Å². The number of aliphatic hydroxyl groups is 4. The van der Waals surface area contributed by atoms with Gasteiger partial charge in [-0.1, -0.05) is 30.3 Å². The highest BCUT2D eigenvalue weighted by atomic mass is 16.5. The van der Waals surface area contributed by atoms with E-state index in [1.54, 1.807) is 6.07 Å². The molecule has 0 bridgehead atoms. The van der Waals surface area contributed by atoms with Crippen LogP contribution in [0.5, 0.6) is 0 Å². The van der Waals surface area contributed by atoms with E-state index in [9.17, 15) is 34.8 Å². The minimum Gasteiger partial charge on any atom is -0.467 e. The second kappa shape index (κ2) is 7.76. The fourth-order valence-corrected chi connectivity index (χ4v) is 1.65. The second-order valence-electron chi connectivity index (χ2n) is 4.45. The topological polar surface area (TPSA) is 141 Å². The molecule has 1 aromatic rings. The third-order valence-corrected chi connectivity index (χ3v) is 2.97. The lowest BCUT2D eigenvalue weighted by Crippen LogP contribution is -2.51.